The largest absolute Gasteiger partial charge is 0.393 e. The monoisotopic (exact) mass is 313 g/mol. The zero-order chi connectivity index (χ0) is 16.0. The Labute approximate surface area is 140 Å². The highest BCUT2D eigenvalue weighted by Crippen LogP contribution is 2.59. The van der Waals surface area contributed by atoms with Gasteiger partial charge in [-0.2, -0.15) is 0 Å². The van der Waals surface area contributed by atoms with E-state index in [1.807, 2.05) is 0 Å². The minimum Gasteiger partial charge on any atom is -0.393 e. The van der Waals surface area contributed by atoms with Gasteiger partial charge in [-0.05, 0) is 55.4 Å². The Hall–Kier alpha value is -1.15. The van der Waals surface area contributed by atoms with Crippen molar-refractivity contribution in [2.45, 2.75) is 51.9 Å². The summed E-state index contributed by atoms with van der Waals surface area (Å²) >= 11 is 5.47. The van der Waals surface area contributed by atoms with Gasteiger partial charge < -0.3 is 5.73 Å². The van der Waals surface area contributed by atoms with E-state index in [0.29, 0.717) is 16.8 Å². The standard InChI is InChI=1S/C20H27NS/c1-4-17-14(2)10-20(16-8-6-5-7-9-16)12-15(17)11-19(3,13-20)18(21)22/h4-9,14-15H,10-13H2,1-3H3,(H2,21,22)/b17-4+. The average Bonchev–Trinajstić information content (AvgIpc) is 2.47. The molecule has 0 amide bonds. The first kappa shape index (κ1) is 15.7. The highest BCUT2D eigenvalue weighted by molar-refractivity contribution is 7.80. The second-order valence-electron chi connectivity index (χ2n) is 7.75. The first-order chi connectivity index (χ1) is 10.4. The molecule has 2 bridgehead atoms. The molecular weight excluding hydrogens is 286 g/mol. The van der Waals surface area contributed by atoms with E-state index in [1.165, 1.54) is 18.4 Å². The molecule has 2 aliphatic carbocycles. The van der Waals surface area contributed by atoms with Gasteiger partial charge in [0.25, 0.3) is 0 Å². The lowest BCUT2D eigenvalue weighted by Crippen LogP contribution is -2.51. The lowest BCUT2D eigenvalue weighted by atomic mass is 9.49. The number of hydrogen-bond acceptors (Lipinski definition) is 1. The van der Waals surface area contributed by atoms with Crippen LogP contribution in [0.4, 0.5) is 0 Å². The topological polar surface area (TPSA) is 26.0 Å². The van der Waals surface area contributed by atoms with Crippen LogP contribution in [0.1, 0.15) is 52.0 Å². The molecule has 4 atom stereocenters. The van der Waals surface area contributed by atoms with E-state index in [9.17, 15) is 0 Å². The third kappa shape index (κ3) is 2.42. The molecule has 2 N–H and O–H groups in total. The third-order valence-electron chi connectivity index (χ3n) is 6.11. The lowest BCUT2D eigenvalue weighted by Gasteiger charge is -2.55. The second-order valence-corrected chi connectivity index (χ2v) is 8.19. The van der Waals surface area contributed by atoms with E-state index in [4.69, 9.17) is 18.0 Å². The minimum atomic E-state index is -0.0253. The Morgan fingerprint density at radius 1 is 1.23 bits per heavy atom. The van der Waals surface area contributed by atoms with Crippen LogP contribution < -0.4 is 5.73 Å². The quantitative estimate of drug-likeness (QED) is 0.614. The molecule has 2 fully saturated rings. The molecule has 0 aromatic heterocycles. The fourth-order valence-electron chi connectivity index (χ4n) is 5.31. The number of rotatable bonds is 2. The summed E-state index contributed by atoms with van der Waals surface area (Å²) in [5.41, 5.74) is 9.48. The molecule has 4 unspecified atom stereocenters. The second kappa shape index (κ2) is 5.49. The number of nitrogens with two attached hydrogens (primary N) is 1. The zero-order valence-electron chi connectivity index (χ0n) is 13.9. The van der Waals surface area contributed by atoms with Crippen molar-refractivity contribution >= 4 is 17.2 Å². The average molecular weight is 314 g/mol. The van der Waals surface area contributed by atoms with Gasteiger partial charge in [0.05, 0.1) is 4.99 Å². The summed E-state index contributed by atoms with van der Waals surface area (Å²) < 4.78 is 0. The van der Waals surface area contributed by atoms with Crippen molar-refractivity contribution in [3.8, 4) is 0 Å². The number of allylic oxidation sites excluding steroid dienone is 2. The molecule has 0 saturated heterocycles. The normalized spacial score (nSPS) is 39.7. The first-order valence-electron chi connectivity index (χ1n) is 8.42. The van der Waals surface area contributed by atoms with E-state index in [1.54, 1.807) is 5.57 Å². The third-order valence-corrected chi connectivity index (χ3v) is 6.61. The van der Waals surface area contributed by atoms with Crippen LogP contribution in [0.3, 0.4) is 0 Å². The predicted octanol–water partition coefficient (Wildman–Crippen LogP) is 5.00. The van der Waals surface area contributed by atoms with Crippen molar-refractivity contribution < 1.29 is 0 Å². The van der Waals surface area contributed by atoms with Gasteiger partial charge >= 0.3 is 0 Å². The Balaban J connectivity index is 2.10. The fraction of sp³-hybridized carbons (Fsp3) is 0.550. The van der Waals surface area contributed by atoms with Gasteiger partial charge in [0.2, 0.25) is 0 Å². The predicted molar refractivity (Wildman–Crippen MR) is 97.9 cm³/mol. The molecule has 3 rings (SSSR count). The van der Waals surface area contributed by atoms with E-state index in [2.05, 4.69) is 57.2 Å². The summed E-state index contributed by atoms with van der Waals surface area (Å²) in [6.45, 7) is 6.86. The van der Waals surface area contributed by atoms with Crippen LogP contribution in [0.2, 0.25) is 0 Å². The molecule has 0 aliphatic heterocycles. The smallest absolute Gasteiger partial charge is 0.0787 e. The van der Waals surface area contributed by atoms with Crippen molar-refractivity contribution in [1.29, 1.82) is 0 Å². The highest BCUT2D eigenvalue weighted by Gasteiger charge is 2.52. The van der Waals surface area contributed by atoms with Crippen LogP contribution >= 0.6 is 12.2 Å². The van der Waals surface area contributed by atoms with Crippen LogP contribution in [0.25, 0.3) is 0 Å². The molecule has 1 aromatic rings. The minimum absolute atomic E-state index is 0.0253. The number of hydrogen-bond donors (Lipinski definition) is 1. The van der Waals surface area contributed by atoms with Gasteiger partial charge in [-0.25, -0.2) is 0 Å². The van der Waals surface area contributed by atoms with Gasteiger partial charge in [-0.1, -0.05) is 68.0 Å². The van der Waals surface area contributed by atoms with Crippen LogP contribution in [-0.4, -0.2) is 4.99 Å². The SMILES string of the molecule is C/C=C1\C(C)CC2(c3ccccc3)CC1CC(C)(C(N)=S)C2. The number of benzene rings is 1. The van der Waals surface area contributed by atoms with Gasteiger partial charge in [-0.15, -0.1) is 0 Å². The Bertz CT molecular complexity index is 601. The molecule has 22 heavy (non-hydrogen) atoms. The maximum Gasteiger partial charge on any atom is 0.0787 e. The molecule has 1 nitrogen and oxygen atoms in total. The summed E-state index contributed by atoms with van der Waals surface area (Å²) in [4.78, 5) is 0.697. The Kier molecular flexibility index (Phi) is 3.92. The molecule has 0 heterocycles. The van der Waals surface area contributed by atoms with Gasteiger partial charge in [-0.3, -0.25) is 0 Å². The molecule has 2 saturated carbocycles. The highest BCUT2D eigenvalue weighted by atomic mass is 32.1. The summed E-state index contributed by atoms with van der Waals surface area (Å²) in [5.74, 6) is 1.27. The molecule has 1 aromatic carbocycles. The van der Waals surface area contributed by atoms with Crippen molar-refractivity contribution in [1.82, 2.24) is 0 Å². The van der Waals surface area contributed by atoms with Gasteiger partial charge in [0, 0.05) is 5.41 Å². The molecule has 118 valence electrons. The van der Waals surface area contributed by atoms with Gasteiger partial charge in [0.1, 0.15) is 0 Å². The van der Waals surface area contributed by atoms with E-state index in [-0.39, 0.29) is 10.8 Å². The van der Waals surface area contributed by atoms with Crippen molar-refractivity contribution in [2.24, 2.45) is 23.0 Å². The molecular formula is C20H27NS. The van der Waals surface area contributed by atoms with E-state index >= 15 is 0 Å². The van der Waals surface area contributed by atoms with Crippen LogP contribution in [0, 0.1) is 17.3 Å². The zero-order valence-corrected chi connectivity index (χ0v) is 14.7. The van der Waals surface area contributed by atoms with Crippen LogP contribution in [0.5, 0.6) is 0 Å². The molecule has 0 radical (unpaired) electrons. The van der Waals surface area contributed by atoms with E-state index < -0.39 is 0 Å². The number of fused-ring (bicyclic) bond motifs is 2. The lowest BCUT2D eigenvalue weighted by molar-refractivity contribution is 0.0948. The van der Waals surface area contributed by atoms with Crippen molar-refractivity contribution in [2.75, 3.05) is 0 Å². The van der Waals surface area contributed by atoms with Gasteiger partial charge in [0.15, 0.2) is 0 Å². The Morgan fingerprint density at radius 3 is 2.50 bits per heavy atom. The summed E-state index contributed by atoms with van der Waals surface area (Å²) in [5, 5.41) is 0. The fourth-order valence-corrected chi connectivity index (χ4v) is 5.47. The van der Waals surface area contributed by atoms with Crippen molar-refractivity contribution in [3.63, 3.8) is 0 Å². The maximum absolute atomic E-state index is 6.18. The molecule has 2 aliphatic rings. The maximum atomic E-state index is 6.18. The Morgan fingerprint density at radius 2 is 1.91 bits per heavy atom. The van der Waals surface area contributed by atoms with E-state index in [0.717, 1.165) is 12.8 Å². The van der Waals surface area contributed by atoms with Crippen molar-refractivity contribution in [3.05, 3.63) is 47.5 Å². The summed E-state index contributed by atoms with van der Waals surface area (Å²) in [7, 11) is 0. The summed E-state index contributed by atoms with van der Waals surface area (Å²) in [6.07, 6.45) is 7.01. The summed E-state index contributed by atoms with van der Waals surface area (Å²) in [6, 6.07) is 11.0. The van der Waals surface area contributed by atoms with Crippen LogP contribution in [0.15, 0.2) is 42.0 Å². The molecule has 2 heteroatoms. The number of thiocarbonyl (C=S) groups is 1. The first-order valence-corrected chi connectivity index (χ1v) is 8.82. The van der Waals surface area contributed by atoms with Crippen LogP contribution in [-0.2, 0) is 5.41 Å². The molecule has 0 spiro atoms.